The van der Waals surface area contributed by atoms with Crippen molar-refractivity contribution in [1.82, 2.24) is 15.3 Å². The molecule has 1 aromatic heterocycles. The lowest BCUT2D eigenvalue weighted by Gasteiger charge is -2.13. The van der Waals surface area contributed by atoms with Crippen molar-refractivity contribution in [1.29, 1.82) is 0 Å². The SMILES string of the molecule is CNCc1nc(C(C)CN)c2ccccc2n1. The zero-order valence-electron chi connectivity index (χ0n) is 10.3. The Morgan fingerprint density at radius 3 is 2.76 bits per heavy atom. The maximum Gasteiger partial charge on any atom is 0.143 e. The maximum atomic E-state index is 5.74. The normalized spacial score (nSPS) is 12.9. The number of fused-ring (bicyclic) bond motifs is 1. The van der Waals surface area contributed by atoms with Gasteiger partial charge in [0.2, 0.25) is 0 Å². The van der Waals surface area contributed by atoms with Crippen LogP contribution in [-0.4, -0.2) is 23.6 Å². The summed E-state index contributed by atoms with van der Waals surface area (Å²) in [7, 11) is 1.89. The van der Waals surface area contributed by atoms with Gasteiger partial charge in [0, 0.05) is 17.8 Å². The van der Waals surface area contributed by atoms with E-state index in [4.69, 9.17) is 5.73 Å². The molecule has 0 aliphatic rings. The Balaban J connectivity index is 2.60. The van der Waals surface area contributed by atoms with Crippen LogP contribution in [0.25, 0.3) is 10.9 Å². The van der Waals surface area contributed by atoms with E-state index < -0.39 is 0 Å². The molecule has 4 nitrogen and oxygen atoms in total. The molecule has 0 aliphatic heterocycles. The predicted octanol–water partition coefficient (Wildman–Crippen LogP) is 1.41. The van der Waals surface area contributed by atoms with Gasteiger partial charge in [-0.1, -0.05) is 25.1 Å². The van der Waals surface area contributed by atoms with Crippen LogP contribution in [0.3, 0.4) is 0 Å². The van der Waals surface area contributed by atoms with Crippen LogP contribution in [0, 0.1) is 0 Å². The van der Waals surface area contributed by atoms with Crippen LogP contribution < -0.4 is 11.1 Å². The number of nitrogens with one attached hydrogen (secondary N) is 1. The number of rotatable bonds is 4. The lowest BCUT2D eigenvalue weighted by Crippen LogP contribution is -2.15. The summed E-state index contributed by atoms with van der Waals surface area (Å²) in [4.78, 5) is 9.14. The van der Waals surface area contributed by atoms with Gasteiger partial charge in [-0.2, -0.15) is 0 Å². The molecular formula is C13H18N4. The second kappa shape index (κ2) is 5.21. The quantitative estimate of drug-likeness (QED) is 0.833. The number of aromatic nitrogens is 2. The number of nitrogens with zero attached hydrogens (tertiary/aromatic N) is 2. The lowest BCUT2D eigenvalue weighted by atomic mass is 10.0. The van der Waals surface area contributed by atoms with Crippen molar-refractivity contribution in [3.8, 4) is 0 Å². The standard InChI is InChI=1S/C13H18N4/c1-9(7-14)13-10-5-3-4-6-11(10)16-12(17-13)8-15-2/h3-6,9,15H,7-8,14H2,1-2H3. The topological polar surface area (TPSA) is 63.8 Å². The van der Waals surface area contributed by atoms with Crippen molar-refractivity contribution < 1.29 is 0 Å². The Hall–Kier alpha value is -1.52. The highest BCUT2D eigenvalue weighted by atomic mass is 15.0. The highest BCUT2D eigenvalue weighted by molar-refractivity contribution is 5.81. The third-order valence-electron chi connectivity index (χ3n) is 2.83. The van der Waals surface area contributed by atoms with E-state index in [0.717, 1.165) is 22.4 Å². The van der Waals surface area contributed by atoms with Gasteiger partial charge in [-0.05, 0) is 13.1 Å². The molecule has 0 bridgehead atoms. The van der Waals surface area contributed by atoms with Crippen LogP contribution in [0.1, 0.15) is 24.4 Å². The minimum Gasteiger partial charge on any atom is -0.330 e. The molecule has 2 aromatic rings. The fourth-order valence-corrected chi connectivity index (χ4v) is 1.88. The Bertz CT molecular complexity index is 510. The van der Waals surface area contributed by atoms with E-state index in [1.807, 2.05) is 25.2 Å². The molecule has 0 spiro atoms. The van der Waals surface area contributed by atoms with Gasteiger partial charge in [0.25, 0.3) is 0 Å². The van der Waals surface area contributed by atoms with E-state index in [1.54, 1.807) is 0 Å². The summed E-state index contributed by atoms with van der Waals surface area (Å²) in [6.07, 6.45) is 0. The van der Waals surface area contributed by atoms with Crippen LogP contribution in [-0.2, 0) is 6.54 Å². The predicted molar refractivity (Wildman–Crippen MR) is 69.8 cm³/mol. The third-order valence-corrected chi connectivity index (χ3v) is 2.83. The summed E-state index contributed by atoms with van der Waals surface area (Å²) in [6, 6.07) is 8.08. The van der Waals surface area contributed by atoms with E-state index in [2.05, 4.69) is 28.3 Å². The van der Waals surface area contributed by atoms with Gasteiger partial charge < -0.3 is 11.1 Å². The van der Waals surface area contributed by atoms with Crippen molar-refractivity contribution in [2.75, 3.05) is 13.6 Å². The van der Waals surface area contributed by atoms with Gasteiger partial charge in [0.05, 0.1) is 17.8 Å². The van der Waals surface area contributed by atoms with E-state index in [1.165, 1.54) is 0 Å². The second-order valence-electron chi connectivity index (χ2n) is 4.21. The second-order valence-corrected chi connectivity index (χ2v) is 4.21. The average molecular weight is 230 g/mol. The Kier molecular flexibility index (Phi) is 3.66. The first kappa shape index (κ1) is 12.0. The molecule has 1 heterocycles. The third kappa shape index (κ3) is 2.43. The molecule has 3 N–H and O–H groups in total. The molecule has 1 atom stereocenters. The maximum absolute atomic E-state index is 5.74. The summed E-state index contributed by atoms with van der Waals surface area (Å²) < 4.78 is 0. The molecule has 0 amide bonds. The van der Waals surface area contributed by atoms with Crippen molar-refractivity contribution in [2.24, 2.45) is 5.73 Å². The summed E-state index contributed by atoms with van der Waals surface area (Å²) in [5.74, 6) is 1.07. The van der Waals surface area contributed by atoms with Gasteiger partial charge in [-0.3, -0.25) is 0 Å². The zero-order valence-corrected chi connectivity index (χ0v) is 10.3. The summed E-state index contributed by atoms with van der Waals surface area (Å²) in [5.41, 5.74) is 7.78. The average Bonchev–Trinajstić information content (AvgIpc) is 2.37. The summed E-state index contributed by atoms with van der Waals surface area (Å²) in [6.45, 7) is 3.37. The van der Waals surface area contributed by atoms with E-state index in [-0.39, 0.29) is 5.92 Å². The number of hydrogen-bond acceptors (Lipinski definition) is 4. The first-order valence-corrected chi connectivity index (χ1v) is 5.86. The monoisotopic (exact) mass is 230 g/mol. The lowest BCUT2D eigenvalue weighted by molar-refractivity contribution is 0.712. The summed E-state index contributed by atoms with van der Waals surface area (Å²) in [5, 5.41) is 4.18. The first-order valence-electron chi connectivity index (χ1n) is 5.86. The molecule has 0 radical (unpaired) electrons. The Morgan fingerprint density at radius 1 is 1.29 bits per heavy atom. The summed E-state index contributed by atoms with van der Waals surface area (Å²) >= 11 is 0. The smallest absolute Gasteiger partial charge is 0.143 e. The van der Waals surface area contributed by atoms with Crippen LogP contribution in [0.2, 0.25) is 0 Å². The number of para-hydroxylation sites is 1. The van der Waals surface area contributed by atoms with Crippen LogP contribution in [0.15, 0.2) is 24.3 Å². The molecule has 0 aliphatic carbocycles. The first-order chi connectivity index (χ1) is 8.26. The van der Waals surface area contributed by atoms with Gasteiger partial charge in [-0.15, -0.1) is 0 Å². The zero-order chi connectivity index (χ0) is 12.3. The molecule has 2 rings (SSSR count). The van der Waals surface area contributed by atoms with Gasteiger partial charge in [0.1, 0.15) is 5.82 Å². The Labute approximate surface area is 101 Å². The van der Waals surface area contributed by atoms with Crippen molar-refractivity contribution in [2.45, 2.75) is 19.4 Å². The number of benzene rings is 1. The molecule has 17 heavy (non-hydrogen) atoms. The highest BCUT2D eigenvalue weighted by Gasteiger charge is 2.12. The molecule has 0 saturated carbocycles. The van der Waals surface area contributed by atoms with Crippen LogP contribution >= 0.6 is 0 Å². The van der Waals surface area contributed by atoms with Gasteiger partial charge in [-0.25, -0.2) is 9.97 Å². The van der Waals surface area contributed by atoms with Crippen molar-refractivity contribution >= 4 is 10.9 Å². The largest absolute Gasteiger partial charge is 0.330 e. The molecule has 1 unspecified atom stereocenters. The van der Waals surface area contributed by atoms with Crippen molar-refractivity contribution in [3.63, 3.8) is 0 Å². The molecule has 0 fully saturated rings. The van der Waals surface area contributed by atoms with E-state index >= 15 is 0 Å². The molecule has 1 aromatic carbocycles. The number of hydrogen-bond donors (Lipinski definition) is 2. The van der Waals surface area contributed by atoms with Crippen molar-refractivity contribution in [3.05, 3.63) is 35.8 Å². The van der Waals surface area contributed by atoms with Gasteiger partial charge >= 0.3 is 0 Å². The fourth-order valence-electron chi connectivity index (χ4n) is 1.88. The van der Waals surface area contributed by atoms with Gasteiger partial charge in [0.15, 0.2) is 0 Å². The van der Waals surface area contributed by atoms with Crippen LogP contribution in [0.5, 0.6) is 0 Å². The minimum absolute atomic E-state index is 0.249. The molecule has 4 heteroatoms. The minimum atomic E-state index is 0.249. The highest BCUT2D eigenvalue weighted by Crippen LogP contribution is 2.22. The Morgan fingerprint density at radius 2 is 2.06 bits per heavy atom. The molecule has 0 saturated heterocycles. The fraction of sp³-hybridized carbons (Fsp3) is 0.385. The molecular weight excluding hydrogens is 212 g/mol. The number of nitrogens with two attached hydrogens (primary N) is 1. The van der Waals surface area contributed by atoms with E-state index in [9.17, 15) is 0 Å². The molecule has 90 valence electrons. The van der Waals surface area contributed by atoms with Crippen LogP contribution in [0.4, 0.5) is 0 Å². The van der Waals surface area contributed by atoms with E-state index in [0.29, 0.717) is 13.1 Å².